The number of nitrogens with one attached hydrogen (secondary N) is 1. The molecule has 0 bridgehead atoms. The van der Waals surface area contributed by atoms with E-state index in [0.29, 0.717) is 31.6 Å². The van der Waals surface area contributed by atoms with Crippen LogP contribution >= 0.6 is 0 Å². The first-order chi connectivity index (χ1) is 14.0. The minimum absolute atomic E-state index is 0.0125. The lowest BCUT2D eigenvalue weighted by molar-refractivity contribution is -0.134. The van der Waals surface area contributed by atoms with Gasteiger partial charge in [-0.05, 0) is 48.8 Å². The molecule has 1 aromatic heterocycles. The van der Waals surface area contributed by atoms with Crippen molar-refractivity contribution in [3.8, 4) is 0 Å². The molecule has 1 saturated carbocycles. The smallest absolute Gasteiger partial charge is 0.251 e. The molecule has 1 saturated heterocycles. The number of hydrogen-bond donors (Lipinski definition) is 1. The number of benzene rings is 1. The Bertz CT molecular complexity index is 912. The van der Waals surface area contributed by atoms with E-state index < -0.39 is 5.95 Å². The van der Waals surface area contributed by atoms with Gasteiger partial charge in [0, 0.05) is 43.4 Å². The van der Waals surface area contributed by atoms with Crippen molar-refractivity contribution in [3.05, 3.63) is 65.5 Å². The van der Waals surface area contributed by atoms with Gasteiger partial charge in [-0.2, -0.15) is 4.39 Å². The third-order valence-corrected chi connectivity index (χ3v) is 5.88. The molecule has 1 N–H and O–H groups in total. The topological polar surface area (TPSA) is 62.3 Å². The molecule has 1 aliphatic carbocycles. The molecular formula is C22H23F2N3O2. The molecule has 0 spiro atoms. The second-order valence-electron chi connectivity index (χ2n) is 7.82. The zero-order valence-corrected chi connectivity index (χ0v) is 16.0. The maximum Gasteiger partial charge on any atom is 0.251 e. The normalized spacial score (nSPS) is 21.7. The van der Waals surface area contributed by atoms with Crippen molar-refractivity contribution in [2.24, 2.45) is 11.8 Å². The fourth-order valence-corrected chi connectivity index (χ4v) is 4.06. The van der Waals surface area contributed by atoms with Gasteiger partial charge in [-0.25, -0.2) is 9.37 Å². The second kappa shape index (κ2) is 8.27. The highest BCUT2D eigenvalue weighted by atomic mass is 19.1. The molecule has 2 aliphatic rings. The summed E-state index contributed by atoms with van der Waals surface area (Å²) in [7, 11) is 0. The van der Waals surface area contributed by atoms with Gasteiger partial charge in [-0.15, -0.1) is 0 Å². The van der Waals surface area contributed by atoms with E-state index in [1.165, 1.54) is 18.3 Å². The van der Waals surface area contributed by atoms with Gasteiger partial charge in [0.2, 0.25) is 11.9 Å². The van der Waals surface area contributed by atoms with Crippen molar-refractivity contribution in [2.45, 2.75) is 25.2 Å². The molecule has 0 unspecified atom stereocenters. The van der Waals surface area contributed by atoms with Crippen LogP contribution in [0, 0.1) is 23.6 Å². The summed E-state index contributed by atoms with van der Waals surface area (Å²) in [6, 6.07) is 9.25. The number of carbonyl (C=O) groups excluding carboxylic acids is 2. The van der Waals surface area contributed by atoms with Crippen LogP contribution in [0.3, 0.4) is 0 Å². The Morgan fingerprint density at radius 1 is 1.14 bits per heavy atom. The van der Waals surface area contributed by atoms with Crippen LogP contribution in [-0.4, -0.2) is 41.3 Å². The highest BCUT2D eigenvalue weighted by molar-refractivity contribution is 5.94. The average molecular weight is 399 g/mol. The Balaban J connectivity index is 1.23. The van der Waals surface area contributed by atoms with Gasteiger partial charge in [0.15, 0.2) is 0 Å². The number of rotatable bonds is 5. The van der Waals surface area contributed by atoms with E-state index in [9.17, 15) is 18.4 Å². The van der Waals surface area contributed by atoms with Gasteiger partial charge >= 0.3 is 0 Å². The van der Waals surface area contributed by atoms with E-state index in [2.05, 4.69) is 10.3 Å². The van der Waals surface area contributed by atoms with E-state index in [4.69, 9.17) is 0 Å². The number of piperidine rings is 1. The molecule has 5 nitrogen and oxygen atoms in total. The Labute approximate surface area is 168 Å². The first-order valence-electron chi connectivity index (χ1n) is 9.96. The minimum atomic E-state index is -0.682. The lowest BCUT2D eigenvalue weighted by Crippen LogP contribution is -2.42. The molecule has 2 fully saturated rings. The predicted octanol–water partition coefficient (Wildman–Crippen LogP) is 3.13. The Hall–Kier alpha value is -2.83. The summed E-state index contributed by atoms with van der Waals surface area (Å²) in [5.74, 6) is -1.000. The molecular weight excluding hydrogens is 376 g/mol. The Morgan fingerprint density at radius 2 is 1.90 bits per heavy atom. The van der Waals surface area contributed by atoms with Gasteiger partial charge < -0.3 is 10.2 Å². The highest BCUT2D eigenvalue weighted by Crippen LogP contribution is 2.49. The van der Waals surface area contributed by atoms with Gasteiger partial charge in [0.05, 0.1) is 0 Å². The standard InChI is InChI=1S/C22H23F2N3O2/c23-19-4-2-1-3-16(19)17-12-18(17)22(29)27-9-6-14(7-10-27)13-26-21(28)15-5-8-25-20(24)11-15/h1-5,8,11,14,17-18H,6-7,9-10,12-13H2,(H,26,28)/t17-,18+/m0/s1. The van der Waals surface area contributed by atoms with Crippen molar-refractivity contribution in [3.63, 3.8) is 0 Å². The summed E-state index contributed by atoms with van der Waals surface area (Å²) in [4.78, 5) is 30.1. The molecule has 29 heavy (non-hydrogen) atoms. The summed E-state index contributed by atoms with van der Waals surface area (Å²) >= 11 is 0. The quantitative estimate of drug-likeness (QED) is 0.786. The van der Waals surface area contributed by atoms with Crippen LogP contribution in [0.1, 0.15) is 41.1 Å². The predicted molar refractivity (Wildman–Crippen MR) is 103 cm³/mol. The monoisotopic (exact) mass is 399 g/mol. The van der Waals surface area contributed by atoms with Crippen LogP contribution in [0.2, 0.25) is 0 Å². The van der Waals surface area contributed by atoms with Gasteiger partial charge in [-0.3, -0.25) is 9.59 Å². The molecule has 0 radical (unpaired) electrons. The SMILES string of the molecule is O=C(NCC1CCN(C(=O)[C@@H]2C[C@H]2c2ccccc2F)CC1)c1ccnc(F)c1. The molecule has 2 atom stereocenters. The number of likely N-dealkylation sites (tertiary alicyclic amines) is 1. The van der Waals surface area contributed by atoms with Crippen molar-refractivity contribution in [1.29, 1.82) is 0 Å². The summed E-state index contributed by atoms with van der Waals surface area (Å²) < 4.78 is 27.0. The van der Waals surface area contributed by atoms with Crippen LogP contribution in [0.5, 0.6) is 0 Å². The lowest BCUT2D eigenvalue weighted by Gasteiger charge is -2.32. The molecule has 1 aromatic carbocycles. The van der Waals surface area contributed by atoms with E-state index in [1.54, 1.807) is 18.2 Å². The number of aromatic nitrogens is 1. The van der Waals surface area contributed by atoms with Crippen LogP contribution in [0.4, 0.5) is 8.78 Å². The fraction of sp³-hybridized carbons (Fsp3) is 0.409. The minimum Gasteiger partial charge on any atom is -0.352 e. The fourth-order valence-electron chi connectivity index (χ4n) is 4.06. The van der Waals surface area contributed by atoms with Crippen molar-refractivity contribution in [1.82, 2.24) is 15.2 Å². The maximum absolute atomic E-state index is 13.9. The van der Waals surface area contributed by atoms with Crippen molar-refractivity contribution < 1.29 is 18.4 Å². The van der Waals surface area contributed by atoms with Crippen molar-refractivity contribution in [2.75, 3.05) is 19.6 Å². The summed E-state index contributed by atoms with van der Waals surface area (Å²) in [6.45, 7) is 1.78. The summed E-state index contributed by atoms with van der Waals surface area (Å²) in [6.07, 6.45) is 3.57. The number of hydrogen-bond acceptors (Lipinski definition) is 3. The van der Waals surface area contributed by atoms with E-state index >= 15 is 0 Å². The summed E-state index contributed by atoms with van der Waals surface area (Å²) in [5.41, 5.74) is 0.883. The van der Waals surface area contributed by atoms with Gasteiger partial charge in [0.1, 0.15) is 5.82 Å². The van der Waals surface area contributed by atoms with E-state index in [0.717, 1.165) is 18.9 Å². The van der Waals surface area contributed by atoms with E-state index in [1.807, 2.05) is 4.90 Å². The van der Waals surface area contributed by atoms with Crippen LogP contribution in [0.15, 0.2) is 42.6 Å². The van der Waals surface area contributed by atoms with Gasteiger partial charge in [0.25, 0.3) is 5.91 Å². The molecule has 152 valence electrons. The van der Waals surface area contributed by atoms with E-state index in [-0.39, 0.29) is 40.9 Å². The van der Waals surface area contributed by atoms with Crippen LogP contribution < -0.4 is 5.32 Å². The number of halogens is 2. The highest BCUT2D eigenvalue weighted by Gasteiger charge is 2.47. The Kier molecular flexibility index (Phi) is 5.56. The zero-order valence-electron chi connectivity index (χ0n) is 16.0. The van der Waals surface area contributed by atoms with Crippen LogP contribution in [0.25, 0.3) is 0 Å². The molecule has 2 heterocycles. The summed E-state index contributed by atoms with van der Waals surface area (Å²) in [5, 5.41) is 2.83. The molecule has 2 amide bonds. The first-order valence-corrected chi connectivity index (χ1v) is 9.96. The second-order valence-corrected chi connectivity index (χ2v) is 7.82. The third kappa shape index (κ3) is 4.44. The van der Waals surface area contributed by atoms with Crippen molar-refractivity contribution >= 4 is 11.8 Å². The maximum atomic E-state index is 13.9. The van der Waals surface area contributed by atoms with Gasteiger partial charge in [-0.1, -0.05) is 18.2 Å². The number of nitrogens with zero attached hydrogens (tertiary/aromatic N) is 2. The largest absolute Gasteiger partial charge is 0.352 e. The Morgan fingerprint density at radius 3 is 2.62 bits per heavy atom. The number of pyridine rings is 1. The average Bonchev–Trinajstić information content (AvgIpc) is 3.53. The zero-order chi connectivity index (χ0) is 20.4. The third-order valence-electron chi connectivity index (χ3n) is 5.88. The first kappa shape index (κ1) is 19.5. The number of carbonyl (C=O) groups is 2. The molecule has 7 heteroatoms. The molecule has 1 aliphatic heterocycles. The molecule has 2 aromatic rings. The number of amides is 2. The lowest BCUT2D eigenvalue weighted by atomic mass is 9.96. The molecule has 4 rings (SSSR count). The van der Waals surface area contributed by atoms with Crippen LogP contribution in [-0.2, 0) is 4.79 Å².